The van der Waals surface area contributed by atoms with Crippen LogP contribution in [0.5, 0.6) is 0 Å². The van der Waals surface area contributed by atoms with Crippen LogP contribution in [-0.4, -0.2) is 0 Å². The van der Waals surface area contributed by atoms with Gasteiger partial charge in [0.1, 0.15) is 0 Å². The van der Waals surface area contributed by atoms with E-state index in [-0.39, 0.29) is 0 Å². The van der Waals surface area contributed by atoms with Gasteiger partial charge < -0.3 is 0 Å². The van der Waals surface area contributed by atoms with Crippen molar-refractivity contribution in [2.45, 2.75) is 123 Å². The van der Waals surface area contributed by atoms with E-state index in [1.807, 2.05) is 0 Å². The first kappa shape index (κ1) is 21.7. The second-order valence-corrected chi connectivity index (χ2v) is 7.30. The standard InChI is InChI=1S/C22H44/c1-4-6-7-8-9-10-11-12-13-14-15-16-17-18-19-20-21-22(3)5-2/h5,22H,2,4,6-21H2,1,3H3. The van der Waals surface area contributed by atoms with Crippen molar-refractivity contribution in [2.75, 3.05) is 0 Å². The van der Waals surface area contributed by atoms with Crippen LogP contribution in [0.1, 0.15) is 123 Å². The summed E-state index contributed by atoms with van der Waals surface area (Å²) in [5.41, 5.74) is 0. The Morgan fingerprint density at radius 2 is 0.909 bits per heavy atom. The summed E-state index contributed by atoms with van der Waals surface area (Å²) in [7, 11) is 0. The van der Waals surface area contributed by atoms with Gasteiger partial charge in [0.15, 0.2) is 0 Å². The van der Waals surface area contributed by atoms with Gasteiger partial charge in [-0.25, -0.2) is 0 Å². The fourth-order valence-electron chi connectivity index (χ4n) is 3.13. The number of hydrogen-bond donors (Lipinski definition) is 0. The van der Waals surface area contributed by atoms with Gasteiger partial charge in [0.25, 0.3) is 0 Å². The summed E-state index contributed by atoms with van der Waals surface area (Å²) in [6.45, 7) is 8.42. The molecule has 0 aliphatic heterocycles. The Balaban J connectivity index is 2.98. The minimum Gasteiger partial charge on any atom is -0.103 e. The predicted molar refractivity (Wildman–Crippen MR) is 104 cm³/mol. The molecule has 0 saturated carbocycles. The fraction of sp³-hybridized carbons (Fsp3) is 0.909. The van der Waals surface area contributed by atoms with Crippen LogP contribution in [0.15, 0.2) is 12.7 Å². The minimum absolute atomic E-state index is 0.714. The third kappa shape index (κ3) is 17.8. The highest BCUT2D eigenvalue weighted by Crippen LogP contribution is 2.15. The largest absolute Gasteiger partial charge is 0.103 e. The monoisotopic (exact) mass is 308 g/mol. The molecule has 1 unspecified atom stereocenters. The number of hydrogen-bond acceptors (Lipinski definition) is 0. The second kappa shape index (κ2) is 18.8. The van der Waals surface area contributed by atoms with Crippen LogP contribution in [0, 0.1) is 5.92 Å². The molecule has 0 aromatic carbocycles. The van der Waals surface area contributed by atoms with E-state index in [0.29, 0.717) is 5.92 Å². The average Bonchev–Trinajstić information content (AvgIpc) is 2.54. The molecule has 0 heteroatoms. The molecule has 0 aliphatic rings. The summed E-state index contributed by atoms with van der Waals surface area (Å²) in [4.78, 5) is 0. The summed E-state index contributed by atoms with van der Waals surface area (Å²) < 4.78 is 0. The SMILES string of the molecule is C=CC(C)CCCCCCCCCCCCCCCCCC. The normalized spacial score (nSPS) is 12.5. The fourth-order valence-corrected chi connectivity index (χ4v) is 3.13. The molecule has 0 amide bonds. The number of allylic oxidation sites excluding steroid dienone is 1. The third-order valence-corrected chi connectivity index (χ3v) is 4.92. The van der Waals surface area contributed by atoms with Crippen LogP contribution in [0.3, 0.4) is 0 Å². The Labute approximate surface area is 142 Å². The Kier molecular flexibility index (Phi) is 18.6. The maximum Gasteiger partial charge on any atom is -0.0265 e. The molecule has 0 bridgehead atoms. The lowest BCUT2D eigenvalue weighted by molar-refractivity contribution is 0.516. The summed E-state index contributed by atoms with van der Waals surface area (Å²) >= 11 is 0. The van der Waals surface area contributed by atoms with Gasteiger partial charge in [-0.2, -0.15) is 0 Å². The number of unbranched alkanes of at least 4 members (excludes halogenated alkanes) is 15. The minimum atomic E-state index is 0.714. The molecule has 0 nitrogen and oxygen atoms in total. The summed E-state index contributed by atoms with van der Waals surface area (Å²) in [5.74, 6) is 0.714. The molecule has 132 valence electrons. The first-order valence-corrected chi connectivity index (χ1v) is 10.4. The van der Waals surface area contributed by atoms with Crippen molar-refractivity contribution < 1.29 is 0 Å². The van der Waals surface area contributed by atoms with Crippen molar-refractivity contribution in [3.8, 4) is 0 Å². The van der Waals surface area contributed by atoms with Crippen molar-refractivity contribution in [3.63, 3.8) is 0 Å². The van der Waals surface area contributed by atoms with Gasteiger partial charge in [-0.1, -0.05) is 123 Å². The molecule has 1 atom stereocenters. The van der Waals surface area contributed by atoms with Crippen LogP contribution < -0.4 is 0 Å². The molecule has 0 aromatic rings. The lowest BCUT2D eigenvalue weighted by atomic mass is 10.0. The van der Waals surface area contributed by atoms with E-state index in [1.165, 1.54) is 109 Å². The first-order valence-electron chi connectivity index (χ1n) is 10.4. The molecule has 0 rings (SSSR count). The zero-order valence-corrected chi connectivity index (χ0v) is 15.9. The highest BCUT2D eigenvalue weighted by Gasteiger charge is 1.97. The molecule has 0 aliphatic carbocycles. The highest BCUT2D eigenvalue weighted by molar-refractivity contribution is 4.74. The van der Waals surface area contributed by atoms with E-state index in [9.17, 15) is 0 Å². The van der Waals surface area contributed by atoms with Gasteiger partial charge in [0, 0.05) is 0 Å². The van der Waals surface area contributed by atoms with Crippen molar-refractivity contribution in [1.82, 2.24) is 0 Å². The summed E-state index contributed by atoms with van der Waals surface area (Å²) in [6.07, 6.45) is 26.7. The van der Waals surface area contributed by atoms with E-state index >= 15 is 0 Å². The van der Waals surface area contributed by atoms with Crippen LogP contribution >= 0.6 is 0 Å². The zero-order chi connectivity index (χ0) is 16.3. The zero-order valence-electron chi connectivity index (χ0n) is 15.9. The topological polar surface area (TPSA) is 0 Å². The second-order valence-electron chi connectivity index (χ2n) is 7.30. The highest BCUT2D eigenvalue weighted by atomic mass is 14.0. The van der Waals surface area contributed by atoms with Crippen molar-refractivity contribution >= 4 is 0 Å². The molecule has 22 heavy (non-hydrogen) atoms. The van der Waals surface area contributed by atoms with E-state index in [0.717, 1.165) is 0 Å². The maximum atomic E-state index is 3.85. The van der Waals surface area contributed by atoms with Crippen LogP contribution in [0.25, 0.3) is 0 Å². The van der Waals surface area contributed by atoms with Crippen LogP contribution in [0.2, 0.25) is 0 Å². The molecule has 0 aromatic heterocycles. The Morgan fingerprint density at radius 1 is 0.591 bits per heavy atom. The third-order valence-electron chi connectivity index (χ3n) is 4.92. The van der Waals surface area contributed by atoms with Gasteiger partial charge in [-0.05, 0) is 12.3 Å². The molecule has 0 saturated heterocycles. The Morgan fingerprint density at radius 3 is 1.23 bits per heavy atom. The van der Waals surface area contributed by atoms with Gasteiger partial charge in [0.05, 0.1) is 0 Å². The van der Waals surface area contributed by atoms with E-state index in [1.54, 1.807) is 0 Å². The van der Waals surface area contributed by atoms with Gasteiger partial charge in [-0.15, -0.1) is 6.58 Å². The number of rotatable bonds is 18. The van der Waals surface area contributed by atoms with Crippen molar-refractivity contribution in [1.29, 1.82) is 0 Å². The van der Waals surface area contributed by atoms with Crippen molar-refractivity contribution in [2.24, 2.45) is 5.92 Å². The van der Waals surface area contributed by atoms with E-state index in [2.05, 4.69) is 26.5 Å². The quantitative estimate of drug-likeness (QED) is 0.176. The summed E-state index contributed by atoms with van der Waals surface area (Å²) in [6, 6.07) is 0. The van der Waals surface area contributed by atoms with E-state index in [4.69, 9.17) is 0 Å². The average molecular weight is 309 g/mol. The molecule has 0 N–H and O–H groups in total. The van der Waals surface area contributed by atoms with Gasteiger partial charge in [0.2, 0.25) is 0 Å². The first-order chi connectivity index (χ1) is 10.8. The molecular formula is C22H44. The lowest BCUT2D eigenvalue weighted by Crippen LogP contribution is -1.89. The van der Waals surface area contributed by atoms with E-state index < -0.39 is 0 Å². The maximum absolute atomic E-state index is 3.85. The van der Waals surface area contributed by atoms with Gasteiger partial charge in [-0.3, -0.25) is 0 Å². The van der Waals surface area contributed by atoms with Crippen LogP contribution in [0.4, 0.5) is 0 Å². The smallest absolute Gasteiger partial charge is 0.0265 e. The van der Waals surface area contributed by atoms with Crippen LogP contribution in [-0.2, 0) is 0 Å². The molecule has 0 spiro atoms. The summed E-state index contributed by atoms with van der Waals surface area (Å²) in [5, 5.41) is 0. The lowest BCUT2D eigenvalue weighted by Gasteiger charge is -2.05. The molecule has 0 radical (unpaired) electrons. The molecular weight excluding hydrogens is 264 g/mol. The Bertz CT molecular complexity index is 206. The molecule has 0 fully saturated rings. The predicted octanol–water partition coefficient (Wildman–Crippen LogP) is 8.46. The Hall–Kier alpha value is -0.260. The van der Waals surface area contributed by atoms with Gasteiger partial charge >= 0.3 is 0 Å². The molecule has 0 heterocycles. The van der Waals surface area contributed by atoms with Crippen molar-refractivity contribution in [3.05, 3.63) is 12.7 Å².